The van der Waals surface area contributed by atoms with Crippen molar-refractivity contribution in [1.82, 2.24) is 0 Å². The van der Waals surface area contributed by atoms with Crippen LogP contribution in [-0.2, 0) is 19.0 Å². The lowest BCUT2D eigenvalue weighted by Crippen LogP contribution is -2.47. The summed E-state index contributed by atoms with van der Waals surface area (Å²) in [6.07, 6.45) is -1.25. The SMILES string of the molecule is Cc1ccc(S(=O)(=O)OC[C@@H]2CN(C(=O)OC(C)(C)C)c3cccc(Br)c3O2)cc1. The molecule has 0 N–H and O–H groups in total. The first-order chi connectivity index (χ1) is 14.0. The standard InChI is InChI=1S/C21H24BrNO6S/c1-14-8-10-16(11-9-14)30(25,26)27-13-15-12-23(20(24)29-21(2,3)4)18-7-5-6-17(22)19(18)28-15/h5-11,15H,12-13H2,1-4H3/t15-/m0/s1. The van der Waals surface area contributed by atoms with Crippen molar-refractivity contribution in [2.24, 2.45) is 0 Å². The summed E-state index contributed by atoms with van der Waals surface area (Å²) in [4.78, 5) is 14.3. The van der Waals surface area contributed by atoms with Crippen molar-refractivity contribution >= 4 is 37.8 Å². The molecule has 30 heavy (non-hydrogen) atoms. The van der Waals surface area contributed by atoms with Gasteiger partial charge >= 0.3 is 6.09 Å². The van der Waals surface area contributed by atoms with Crippen LogP contribution >= 0.6 is 15.9 Å². The van der Waals surface area contributed by atoms with E-state index in [2.05, 4.69) is 15.9 Å². The number of anilines is 1. The summed E-state index contributed by atoms with van der Waals surface area (Å²) >= 11 is 3.42. The first kappa shape index (κ1) is 22.6. The van der Waals surface area contributed by atoms with Gasteiger partial charge in [0.1, 0.15) is 18.3 Å². The average Bonchev–Trinajstić information content (AvgIpc) is 2.65. The number of nitrogens with zero attached hydrogens (tertiary/aromatic N) is 1. The summed E-state index contributed by atoms with van der Waals surface area (Å²) in [6.45, 7) is 7.04. The van der Waals surface area contributed by atoms with E-state index in [9.17, 15) is 13.2 Å². The normalized spacial score (nSPS) is 16.6. The van der Waals surface area contributed by atoms with Crippen molar-refractivity contribution < 1.29 is 26.9 Å². The van der Waals surface area contributed by atoms with Crippen molar-refractivity contribution in [2.45, 2.75) is 44.3 Å². The van der Waals surface area contributed by atoms with Gasteiger partial charge < -0.3 is 9.47 Å². The minimum Gasteiger partial charge on any atom is -0.483 e. The zero-order valence-electron chi connectivity index (χ0n) is 17.2. The predicted octanol–water partition coefficient (Wildman–Crippen LogP) is 4.67. The Morgan fingerprint density at radius 2 is 1.87 bits per heavy atom. The molecule has 7 nitrogen and oxygen atoms in total. The van der Waals surface area contributed by atoms with Gasteiger partial charge in [0.25, 0.3) is 10.1 Å². The second kappa shape index (κ2) is 8.56. The lowest BCUT2D eigenvalue weighted by molar-refractivity contribution is 0.0528. The molecule has 0 saturated heterocycles. The topological polar surface area (TPSA) is 82.1 Å². The fraction of sp³-hybridized carbons (Fsp3) is 0.381. The smallest absolute Gasteiger partial charge is 0.415 e. The molecule has 0 radical (unpaired) electrons. The van der Waals surface area contributed by atoms with Crippen LogP contribution in [0.5, 0.6) is 5.75 Å². The number of hydrogen-bond acceptors (Lipinski definition) is 6. The van der Waals surface area contributed by atoms with Crippen LogP contribution < -0.4 is 9.64 Å². The molecule has 1 amide bonds. The predicted molar refractivity (Wildman–Crippen MR) is 116 cm³/mol. The highest BCUT2D eigenvalue weighted by Gasteiger charge is 2.34. The van der Waals surface area contributed by atoms with Crippen LogP contribution in [0.4, 0.5) is 10.5 Å². The first-order valence-electron chi connectivity index (χ1n) is 9.38. The molecular formula is C21H24BrNO6S. The Hall–Kier alpha value is -2.10. The quantitative estimate of drug-likeness (QED) is 0.571. The number of ether oxygens (including phenoxy) is 2. The highest BCUT2D eigenvalue weighted by Crippen LogP contribution is 2.40. The number of halogens is 1. The summed E-state index contributed by atoms with van der Waals surface area (Å²) in [6, 6.07) is 11.7. The van der Waals surface area contributed by atoms with E-state index < -0.39 is 27.9 Å². The van der Waals surface area contributed by atoms with Gasteiger partial charge in [0, 0.05) is 0 Å². The van der Waals surface area contributed by atoms with Gasteiger partial charge in [0.15, 0.2) is 5.75 Å². The van der Waals surface area contributed by atoms with Crippen molar-refractivity contribution in [2.75, 3.05) is 18.1 Å². The van der Waals surface area contributed by atoms with Crippen molar-refractivity contribution in [3.8, 4) is 5.75 Å². The molecule has 0 aliphatic carbocycles. The van der Waals surface area contributed by atoms with E-state index in [0.717, 1.165) is 5.56 Å². The van der Waals surface area contributed by atoms with E-state index in [-0.39, 0.29) is 18.0 Å². The first-order valence-corrected chi connectivity index (χ1v) is 11.6. The van der Waals surface area contributed by atoms with E-state index in [1.165, 1.54) is 17.0 Å². The van der Waals surface area contributed by atoms with Crippen LogP contribution in [0, 0.1) is 6.92 Å². The molecule has 2 aromatic rings. The Balaban J connectivity index is 1.80. The van der Waals surface area contributed by atoms with Gasteiger partial charge in [-0.25, -0.2) is 4.79 Å². The molecule has 0 bridgehead atoms. The summed E-state index contributed by atoms with van der Waals surface area (Å²) < 4.78 is 42.3. The number of aryl methyl sites for hydroxylation is 1. The molecule has 3 rings (SSSR count). The van der Waals surface area contributed by atoms with Crippen LogP contribution in [-0.4, -0.2) is 39.4 Å². The molecule has 0 aromatic heterocycles. The lowest BCUT2D eigenvalue weighted by atomic mass is 10.2. The van der Waals surface area contributed by atoms with E-state index in [1.54, 1.807) is 51.1 Å². The van der Waals surface area contributed by atoms with Crippen LogP contribution in [0.2, 0.25) is 0 Å². The summed E-state index contributed by atoms with van der Waals surface area (Å²) in [5, 5.41) is 0. The molecule has 1 aliphatic heterocycles. The Bertz CT molecular complexity index is 1030. The van der Waals surface area contributed by atoms with Crippen LogP contribution in [0.1, 0.15) is 26.3 Å². The van der Waals surface area contributed by atoms with Gasteiger partial charge in [-0.15, -0.1) is 0 Å². The van der Waals surface area contributed by atoms with Crippen molar-refractivity contribution in [3.05, 3.63) is 52.5 Å². The van der Waals surface area contributed by atoms with Gasteiger partial charge in [-0.05, 0) is 67.9 Å². The fourth-order valence-corrected chi connectivity index (χ4v) is 4.23. The zero-order chi connectivity index (χ0) is 22.1. The number of carbonyl (C=O) groups excluding carboxylic acids is 1. The molecule has 1 heterocycles. The second-order valence-electron chi connectivity index (χ2n) is 7.97. The molecule has 0 saturated carbocycles. The molecule has 162 valence electrons. The maximum absolute atomic E-state index is 12.8. The average molecular weight is 498 g/mol. The van der Waals surface area contributed by atoms with Gasteiger partial charge in [0.2, 0.25) is 0 Å². The number of amides is 1. The third-order valence-electron chi connectivity index (χ3n) is 4.24. The monoisotopic (exact) mass is 497 g/mol. The molecule has 0 unspecified atom stereocenters. The minimum absolute atomic E-state index is 0.0643. The van der Waals surface area contributed by atoms with Gasteiger partial charge in [-0.3, -0.25) is 9.08 Å². The fourth-order valence-electron chi connectivity index (χ4n) is 2.85. The number of benzene rings is 2. The largest absolute Gasteiger partial charge is 0.483 e. The molecule has 2 aromatic carbocycles. The summed E-state index contributed by atoms with van der Waals surface area (Å²) in [5.41, 5.74) is 0.804. The molecule has 0 spiro atoms. The Kier molecular flexibility index (Phi) is 6.45. The third kappa shape index (κ3) is 5.33. The minimum atomic E-state index is -3.96. The van der Waals surface area contributed by atoms with E-state index in [1.807, 2.05) is 6.92 Å². The summed E-state index contributed by atoms with van der Waals surface area (Å²) in [5.74, 6) is 0.427. The van der Waals surface area contributed by atoms with Gasteiger partial charge in [-0.2, -0.15) is 8.42 Å². The number of carbonyl (C=O) groups is 1. The van der Waals surface area contributed by atoms with E-state index in [0.29, 0.717) is 15.9 Å². The lowest BCUT2D eigenvalue weighted by Gasteiger charge is -2.36. The number of para-hydroxylation sites is 1. The second-order valence-corrected chi connectivity index (χ2v) is 10.4. The maximum Gasteiger partial charge on any atom is 0.415 e. The highest BCUT2D eigenvalue weighted by molar-refractivity contribution is 9.10. The van der Waals surface area contributed by atoms with Crippen LogP contribution in [0.25, 0.3) is 0 Å². The zero-order valence-corrected chi connectivity index (χ0v) is 19.6. The Morgan fingerprint density at radius 3 is 2.50 bits per heavy atom. The van der Waals surface area contributed by atoms with Crippen LogP contribution in [0.15, 0.2) is 51.8 Å². The number of fused-ring (bicyclic) bond motifs is 1. The molecule has 1 atom stereocenters. The number of rotatable bonds is 4. The maximum atomic E-state index is 12.8. The highest BCUT2D eigenvalue weighted by atomic mass is 79.9. The Labute approximate surface area is 185 Å². The van der Waals surface area contributed by atoms with Crippen molar-refractivity contribution in [1.29, 1.82) is 0 Å². The Morgan fingerprint density at radius 1 is 1.20 bits per heavy atom. The third-order valence-corrected chi connectivity index (χ3v) is 6.16. The van der Waals surface area contributed by atoms with Crippen LogP contribution in [0.3, 0.4) is 0 Å². The molecule has 0 fully saturated rings. The van der Waals surface area contributed by atoms with E-state index in [4.69, 9.17) is 13.7 Å². The molecule has 9 heteroatoms. The molecular weight excluding hydrogens is 474 g/mol. The van der Waals surface area contributed by atoms with E-state index >= 15 is 0 Å². The molecule has 1 aliphatic rings. The number of hydrogen-bond donors (Lipinski definition) is 0. The van der Waals surface area contributed by atoms with Gasteiger partial charge in [-0.1, -0.05) is 23.8 Å². The van der Waals surface area contributed by atoms with Crippen molar-refractivity contribution in [3.63, 3.8) is 0 Å². The van der Waals surface area contributed by atoms with Gasteiger partial charge in [0.05, 0.1) is 21.6 Å². The summed E-state index contributed by atoms with van der Waals surface area (Å²) in [7, 11) is -3.96.